The largest absolute Gasteiger partial charge is 0.478 e. The standard InChI is InChI=1S/C13H14N4O2/c18-13(15-9-10-3-1-4-14-8-10)11-7-12-17(16-11)5-2-6-19-12/h1,3-4,7-8H,2,5-6,9H2,(H,15,18). The molecule has 0 saturated heterocycles. The fourth-order valence-corrected chi connectivity index (χ4v) is 1.95. The minimum atomic E-state index is -0.200. The molecule has 2 aromatic heterocycles. The topological polar surface area (TPSA) is 69.0 Å². The summed E-state index contributed by atoms with van der Waals surface area (Å²) in [6.07, 6.45) is 4.35. The summed E-state index contributed by atoms with van der Waals surface area (Å²) in [5.41, 5.74) is 1.34. The van der Waals surface area contributed by atoms with Crippen molar-refractivity contribution in [2.45, 2.75) is 19.5 Å². The van der Waals surface area contributed by atoms with E-state index in [9.17, 15) is 4.79 Å². The predicted octanol–water partition coefficient (Wildman–Crippen LogP) is 0.991. The number of hydrogen-bond acceptors (Lipinski definition) is 4. The van der Waals surface area contributed by atoms with Gasteiger partial charge >= 0.3 is 0 Å². The molecule has 0 fully saturated rings. The Labute approximate surface area is 110 Å². The minimum Gasteiger partial charge on any atom is -0.478 e. The Kier molecular flexibility index (Phi) is 3.14. The van der Waals surface area contributed by atoms with E-state index in [0.29, 0.717) is 24.7 Å². The molecule has 1 N–H and O–H groups in total. The second kappa shape index (κ2) is 5.09. The highest BCUT2D eigenvalue weighted by Crippen LogP contribution is 2.18. The summed E-state index contributed by atoms with van der Waals surface area (Å²) in [6.45, 7) is 1.92. The van der Waals surface area contributed by atoms with Gasteiger partial charge < -0.3 is 10.1 Å². The van der Waals surface area contributed by atoms with Crippen LogP contribution in [-0.4, -0.2) is 27.3 Å². The molecule has 6 heteroatoms. The highest BCUT2D eigenvalue weighted by molar-refractivity contribution is 5.92. The third-order valence-electron chi connectivity index (χ3n) is 2.92. The molecule has 98 valence electrons. The number of aryl methyl sites for hydroxylation is 1. The zero-order valence-electron chi connectivity index (χ0n) is 10.4. The Morgan fingerprint density at radius 1 is 1.53 bits per heavy atom. The third-order valence-corrected chi connectivity index (χ3v) is 2.92. The van der Waals surface area contributed by atoms with Crippen molar-refractivity contribution in [3.05, 3.63) is 41.9 Å². The van der Waals surface area contributed by atoms with Crippen molar-refractivity contribution in [3.63, 3.8) is 0 Å². The lowest BCUT2D eigenvalue weighted by Gasteiger charge is -2.13. The molecule has 1 aliphatic heterocycles. The van der Waals surface area contributed by atoms with Crippen LogP contribution in [0.15, 0.2) is 30.6 Å². The SMILES string of the molecule is O=C(NCc1cccnc1)c1cc2n(n1)CCCO2. The molecule has 0 saturated carbocycles. The zero-order valence-corrected chi connectivity index (χ0v) is 10.4. The van der Waals surface area contributed by atoms with Gasteiger partial charge in [-0.3, -0.25) is 9.78 Å². The number of hydrogen-bond donors (Lipinski definition) is 1. The van der Waals surface area contributed by atoms with Crippen LogP contribution in [-0.2, 0) is 13.1 Å². The van der Waals surface area contributed by atoms with Crippen LogP contribution in [0.25, 0.3) is 0 Å². The second-order valence-corrected chi connectivity index (χ2v) is 4.34. The van der Waals surface area contributed by atoms with Crippen LogP contribution in [0.3, 0.4) is 0 Å². The van der Waals surface area contributed by atoms with E-state index in [1.165, 1.54) is 0 Å². The van der Waals surface area contributed by atoms with Gasteiger partial charge in [0.1, 0.15) is 0 Å². The summed E-state index contributed by atoms with van der Waals surface area (Å²) in [4.78, 5) is 16.0. The number of pyridine rings is 1. The third kappa shape index (κ3) is 2.57. The number of nitrogens with zero attached hydrogens (tertiary/aromatic N) is 3. The summed E-state index contributed by atoms with van der Waals surface area (Å²) in [7, 11) is 0. The summed E-state index contributed by atoms with van der Waals surface area (Å²) in [6, 6.07) is 5.43. The van der Waals surface area contributed by atoms with Crippen molar-refractivity contribution in [2.24, 2.45) is 0 Å². The average Bonchev–Trinajstić information content (AvgIpc) is 2.90. The van der Waals surface area contributed by atoms with Crippen molar-refractivity contribution < 1.29 is 9.53 Å². The number of amides is 1. The lowest BCUT2D eigenvalue weighted by Crippen LogP contribution is -2.23. The van der Waals surface area contributed by atoms with Gasteiger partial charge in [0.15, 0.2) is 5.69 Å². The fraction of sp³-hybridized carbons (Fsp3) is 0.308. The lowest BCUT2D eigenvalue weighted by atomic mass is 10.3. The molecule has 3 rings (SSSR count). The van der Waals surface area contributed by atoms with Gasteiger partial charge in [-0.2, -0.15) is 5.10 Å². The first-order chi connectivity index (χ1) is 9.33. The van der Waals surface area contributed by atoms with Gasteiger partial charge in [0.25, 0.3) is 5.91 Å². The smallest absolute Gasteiger partial charge is 0.272 e. The van der Waals surface area contributed by atoms with E-state index in [1.54, 1.807) is 23.1 Å². The maximum atomic E-state index is 12.0. The Morgan fingerprint density at radius 3 is 3.26 bits per heavy atom. The molecule has 3 heterocycles. The highest BCUT2D eigenvalue weighted by atomic mass is 16.5. The first-order valence-corrected chi connectivity index (χ1v) is 6.21. The molecule has 0 aromatic carbocycles. The summed E-state index contributed by atoms with van der Waals surface area (Å²) in [5.74, 6) is 0.465. The van der Waals surface area contributed by atoms with E-state index in [1.807, 2.05) is 12.1 Å². The molecule has 2 aromatic rings. The van der Waals surface area contributed by atoms with Crippen molar-refractivity contribution in [3.8, 4) is 5.88 Å². The Morgan fingerprint density at radius 2 is 2.47 bits per heavy atom. The van der Waals surface area contributed by atoms with Gasteiger partial charge in [-0.05, 0) is 11.6 Å². The van der Waals surface area contributed by atoms with Crippen LogP contribution in [0, 0.1) is 0 Å². The normalized spacial score (nSPS) is 13.5. The summed E-state index contributed by atoms with van der Waals surface area (Å²) >= 11 is 0. The quantitative estimate of drug-likeness (QED) is 0.891. The van der Waals surface area contributed by atoms with Gasteiger partial charge in [0.05, 0.1) is 6.61 Å². The number of carbonyl (C=O) groups excluding carboxylic acids is 1. The van der Waals surface area contributed by atoms with Gasteiger partial charge in [-0.25, -0.2) is 4.68 Å². The maximum absolute atomic E-state index is 12.0. The molecule has 0 aliphatic carbocycles. The molecule has 1 aliphatic rings. The molecule has 0 radical (unpaired) electrons. The number of rotatable bonds is 3. The van der Waals surface area contributed by atoms with Gasteiger partial charge in [0.2, 0.25) is 5.88 Å². The number of nitrogens with one attached hydrogen (secondary N) is 1. The zero-order chi connectivity index (χ0) is 13.1. The minimum absolute atomic E-state index is 0.200. The van der Waals surface area contributed by atoms with E-state index in [0.717, 1.165) is 18.5 Å². The lowest BCUT2D eigenvalue weighted by molar-refractivity contribution is 0.0945. The molecule has 0 spiro atoms. The predicted molar refractivity (Wildman–Crippen MR) is 67.7 cm³/mol. The molecular formula is C13H14N4O2. The molecule has 0 atom stereocenters. The maximum Gasteiger partial charge on any atom is 0.272 e. The van der Waals surface area contributed by atoms with Crippen molar-refractivity contribution in [2.75, 3.05) is 6.61 Å². The van der Waals surface area contributed by atoms with E-state index >= 15 is 0 Å². The molecule has 1 amide bonds. The Bertz CT molecular complexity index is 556. The monoisotopic (exact) mass is 258 g/mol. The van der Waals surface area contributed by atoms with Crippen LogP contribution in [0.5, 0.6) is 5.88 Å². The summed E-state index contributed by atoms with van der Waals surface area (Å²) in [5, 5.41) is 7.04. The van der Waals surface area contributed by atoms with E-state index in [-0.39, 0.29) is 5.91 Å². The average molecular weight is 258 g/mol. The van der Waals surface area contributed by atoms with Crippen LogP contribution in [0.4, 0.5) is 0 Å². The molecule has 0 unspecified atom stereocenters. The fourth-order valence-electron chi connectivity index (χ4n) is 1.95. The Hall–Kier alpha value is -2.37. The van der Waals surface area contributed by atoms with Crippen LogP contribution in [0.1, 0.15) is 22.5 Å². The van der Waals surface area contributed by atoms with Crippen molar-refractivity contribution in [1.82, 2.24) is 20.1 Å². The van der Waals surface area contributed by atoms with Gasteiger partial charge in [0, 0.05) is 38.0 Å². The van der Waals surface area contributed by atoms with Crippen LogP contribution < -0.4 is 10.1 Å². The van der Waals surface area contributed by atoms with E-state index in [2.05, 4.69) is 15.4 Å². The number of fused-ring (bicyclic) bond motifs is 1. The summed E-state index contributed by atoms with van der Waals surface area (Å²) < 4.78 is 7.15. The van der Waals surface area contributed by atoms with E-state index in [4.69, 9.17) is 4.74 Å². The molecule has 19 heavy (non-hydrogen) atoms. The molecular weight excluding hydrogens is 244 g/mol. The first kappa shape index (κ1) is 11.7. The van der Waals surface area contributed by atoms with Crippen molar-refractivity contribution in [1.29, 1.82) is 0 Å². The van der Waals surface area contributed by atoms with Crippen molar-refractivity contribution >= 4 is 5.91 Å². The first-order valence-electron chi connectivity index (χ1n) is 6.21. The van der Waals surface area contributed by atoms with Gasteiger partial charge in [-0.1, -0.05) is 6.07 Å². The number of ether oxygens (including phenoxy) is 1. The molecule has 0 bridgehead atoms. The second-order valence-electron chi connectivity index (χ2n) is 4.34. The van der Waals surface area contributed by atoms with Gasteiger partial charge in [-0.15, -0.1) is 0 Å². The number of aromatic nitrogens is 3. The van der Waals surface area contributed by atoms with Crippen LogP contribution in [0.2, 0.25) is 0 Å². The molecule has 6 nitrogen and oxygen atoms in total. The van der Waals surface area contributed by atoms with E-state index < -0.39 is 0 Å². The van der Waals surface area contributed by atoms with Crippen LogP contribution >= 0.6 is 0 Å². The number of carbonyl (C=O) groups is 1. The Balaban J connectivity index is 1.65. The highest BCUT2D eigenvalue weighted by Gasteiger charge is 2.17.